The van der Waals surface area contributed by atoms with Gasteiger partial charge in [0.2, 0.25) is 0 Å². The second kappa shape index (κ2) is 2.23. The largest absolute Gasteiger partial charge is 0.411 e. The second-order valence-electron chi connectivity index (χ2n) is 3.15. The van der Waals surface area contributed by atoms with Gasteiger partial charge >= 0.3 is 0 Å². The Hall–Kier alpha value is -0.570. The lowest BCUT2D eigenvalue weighted by Crippen LogP contribution is -2.15. The number of rotatable bonds is 0. The molecule has 1 aliphatic heterocycles. The monoisotopic (exact) mass is 140 g/mol. The molecule has 0 aromatic heterocycles. The third kappa shape index (κ3) is 0.736. The van der Waals surface area contributed by atoms with Gasteiger partial charge in [-0.2, -0.15) is 0 Å². The minimum atomic E-state index is 0.546. The van der Waals surface area contributed by atoms with E-state index >= 15 is 0 Å². The molecule has 2 fully saturated rings. The molecule has 2 atom stereocenters. The number of hydrogen-bond acceptors (Lipinski definition) is 3. The van der Waals surface area contributed by atoms with Crippen LogP contribution < -0.4 is 5.32 Å². The van der Waals surface area contributed by atoms with E-state index in [9.17, 15) is 0 Å². The quantitative estimate of drug-likeness (QED) is 0.379. The molecule has 1 saturated heterocycles. The van der Waals surface area contributed by atoms with Crippen LogP contribution in [0.3, 0.4) is 0 Å². The Kier molecular flexibility index (Phi) is 1.38. The average Bonchev–Trinajstić information content (AvgIpc) is 2.44. The zero-order valence-corrected chi connectivity index (χ0v) is 5.88. The molecule has 0 radical (unpaired) electrons. The summed E-state index contributed by atoms with van der Waals surface area (Å²) in [6.07, 6.45) is 2.21. The van der Waals surface area contributed by atoms with Gasteiger partial charge in [0.15, 0.2) is 0 Å². The van der Waals surface area contributed by atoms with Crippen LogP contribution in [-0.2, 0) is 0 Å². The van der Waals surface area contributed by atoms with Crippen LogP contribution in [0.25, 0.3) is 0 Å². The van der Waals surface area contributed by atoms with Crippen LogP contribution in [0.15, 0.2) is 5.16 Å². The molecule has 1 saturated carbocycles. The predicted molar refractivity (Wildman–Crippen MR) is 38.3 cm³/mol. The molecule has 3 nitrogen and oxygen atoms in total. The van der Waals surface area contributed by atoms with Crippen molar-refractivity contribution in [1.29, 1.82) is 0 Å². The lowest BCUT2D eigenvalue weighted by atomic mass is 10.00. The van der Waals surface area contributed by atoms with Crippen molar-refractivity contribution in [3.05, 3.63) is 0 Å². The Bertz CT molecular complexity index is 167. The van der Waals surface area contributed by atoms with E-state index in [2.05, 4.69) is 10.5 Å². The van der Waals surface area contributed by atoms with Crippen molar-refractivity contribution in [2.75, 3.05) is 13.1 Å². The Morgan fingerprint density at radius 3 is 3.20 bits per heavy atom. The Labute approximate surface area is 60.1 Å². The molecule has 0 aromatic rings. The van der Waals surface area contributed by atoms with Gasteiger partial charge in [-0.25, -0.2) is 0 Å². The summed E-state index contributed by atoms with van der Waals surface area (Å²) in [4.78, 5) is 0. The molecule has 10 heavy (non-hydrogen) atoms. The van der Waals surface area contributed by atoms with Gasteiger partial charge in [0.25, 0.3) is 0 Å². The van der Waals surface area contributed by atoms with E-state index < -0.39 is 0 Å². The Morgan fingerprint density at radius 1 is 1.50 bits per heavy atom. The molecule has 0 spiro atoms. The van der Waals surface area contributed by atoms with E-state index in [1.54, 1.807) is 0 Å². The minimum Gasteiger partial charge on any atom is -0.411 e. The number of hydrogen-bond donors (Lipinski definition) is 2. The average molecular weight is 140 g/mol. The summed E-state index contributed by atoms with van der Waals surface area (Å²) in [5, 5.41) is 15.2. The smallest absolute Gasteiger partial charge is 0.0617 e. The zero-order valence-electron chi connectivity index (χ0n) is 5.88. The lowest BCUT2D eigenvalue weighted by Gasteiger charge is -2.04. The Balaban J connectivity index is 2.15. The van der Waals surface area contributed by atoms with Gasteiger partial charge in [0.05, 0.1) is 5.71 Å². The summed E-state index contributed by atoms with van der Waals surface area (Å²) in [5.41, 5.74) is 1.01. The standard InChI is InChI=1S/C7H12N2O/c10-9-7-2-1-5-3-8-4-6(5)7/h5-6,8,10H,1-4H2. The van der Waals surface area contributed by atoms with Gasteiger partial charge in [-0.3, -0.25) is 0 Å². The molecule has 3 heteroatoms. The van der Waals surface area contributed by atoms with E-state index in [4.69, 9.17) is 5.21 Å². The molecule has 0 aromatic carbocycles. The first-order valence-electron chi connectivity index (χ1n) is 3.83. The van der Waals surface area contributed by atoms with Crippen LogP contribution in [0.5, 0.6) is 0 Å². The van der Waals surface area contributed by atoms with E-state index in [1.807, 2.05) is 0 Å². The van der Waals surface area contributed by atoms with Crippen molar-refractivity contribution in [2.45, 2.75) is 12.8 Å². The van der Waals surface area contributed by atoms with E-state index in [0.717, 1.165) is 31.1 Å². The fourth-order valence-corrected chi connectivity index (χ4v) is 2.07. The van der Waals surface area contributed by atoms with Crippen LogP contribution in [0.2, 0.25) is 0 Å². The van der Waals surface area contributed by atoms with E-state index in [-0.39, 0.29) is 0 Å². The maximum Gasteiger partial charge on any atom is 0.0617 e. The van der Waals surface area contributed by atoms with Crippen molar-refractivity contribution in [3.8, 4) is 0 Å². The van der Waals surface area contributed by atoms with Crippen molar-refractivity contribution in [1.82, 2.24) is 5.32 Å². The molecule has 2 N–H and O–H groups in total. The molecule has 56 valence electrons. The number of nitrogens with one attached hydrogen (secondary N) is 1. The van der Waals surface area contributed by atoms with Gasteiger partial charge < -0.3 is 10.5 Å². The third-order valence-electron chi connectivity index (χ3n) is 2.67. The summed E-state index contributed by atoms with van der Waals surface area (Å²) in [5.74, 6) is 1.30. The number of nitrogens with zero attached hydrogens (tertiary/aromatic N) is 1. The molecule has 2 aliphatic rings. The highest BCUT2D eigenvalue weighted by molar-refractivity contribution is 5.89. The molecule has 0 bridgehead atoms. The van der Waals surface area contributed by atoms with Crippen molar-refractivity contribution >= 4 is 5.71 Å². The predicted octanol–water partition coefficient (Wildman–Crippen LogP) is 0.446. The van der Waals surface area contributed by atoms with Crippen LogP contribution in [0, 0.1) is 11.8 Å². The van der Waals surface area contributed by atoms with Crippen LogP contribution in [0.1, 0.15) is 12.8 Å². The van der Waals surface area contributed by atoms with Crippen LogP contribution in [-0.4, -0.2) is 24.0 Å². The highest BCUT2D eigenvalue weighted by Crippen LogP contribution is 2.31. The second-order valence-corrected chi connectivity index (χ2v) is 3.15. The molecule has 2 rings (SSSR count). The van der Waals surface area contributed by atoms with Gasteiger partial charge in [0.1, 0.15) is 0 Å². The zero-order chi connectivity index (χ0) is 6.97. The fourth-order valence-electron chi connectivity index (χ4n) is 2.07. The van der Waals surface area contributed by atoms with Gasteiger partial charge in [-0.1, -0.05) is 5.16 Å². The first-order valence-corrected chi connectivity index (χ1v) is 3.83. The van der Waals surface area contributed by atoms with Crippen molar-refractivity contribution in [2.24, 2.45) is 17.0 Å². The maximum absolute atomic E-state index is 8.57. The van der Waals surface area contributed by atoms with Gasteiger partial charge in [-0.05, 0) is 25.3 Å². The summed E-state index contributed by atoms with van der Waals surface area (Å²) in [7, 11) is 0. The molecule has 2 unspecified atom stereocenters. The molecular weight excluding hydrogens is 128 g/mol. The minimum absolute atomic E-state index is 0.546. The molecule has 1 aliphatic carbocycles. The molecule has 0 amide bonds. The summed E-state index contributed by atoms with van der Waals surface area (Å²) >= 11 is 0. The highest BCUT2D eigenvalue weighted by Gasteiger charge is 2.36. The summed E-state index contributed by atoms with van der Waals surface area (Å²) in [6, 6.07) is 0. The first-order chi connectivity index (χ1) is 4.92. The summed E-state index contributed by atoms with van der Waals surface area (Å²) < 4.78 is 0. The molecule has 1 heterocycles. The number of oxime groups is 1. The van der Waals surface area contributed by atoms with Crippen LogP contribution >= 0.6 is 0 Å². The lowest BCUT2D eigenvalue weighted by molar-refractivity contribution is 0.314. The Morgan fingerprint density at radius 2 is 2.40 bits per heavy atom. The van der Waals surface area contributed by atoms with Gasteiger partial charge in [-0.15, -0.1) is 0 Å². The van der Waals surface area contributed by atoms with Crippen molar-refractivity contribution in [3.63, 3.8) is 0 Å². The van der Waals surface area contributed by atoms with E-state index in [1.165, 1.54) is 6.42 Å². The maximum atomic E-state index is 8.57. The topological polar surface area (TPSA) is 44.6 Å². The number of fused-ring (bicyclic) bond motifs is 1. The SMILES string of the molecule is ON=C1CCC2CNCC12. The van der Waals surface area contributed by atoms with Gasteiger partial charge in [0, 0.05) is 12.5 Å². The highest BCUT2D eigenvalue weighted by atomic mass is 16.4. The fraction of sp³-hybridized carbons (Fsp3) is 0.857. The normalized spacial score (nSPS) is 42.6. The third-order valence-corrected chi connectivity index (χ3v) is 2.67. The van der Waals surface area contributed by atoms with Crippen molar-refractivity contribution < 1.29 is 5.21 Å². The summed E-state index contributed by atoms with van der Waals surface area (Å²) in [6.45, 7) is 2.13. The van der Waals surface area contributed by atoms with Crippen LogP contribution in [0.4, 0.5) is 0 Å². The molecular formula is C7H12N2O. The van der Waals surface area contributed by atoms with E-state index in [0.29, 0.717) is 5.92 Å². The first kappa shape index (κ1) is 6.16.